The average Bonchev–Trinajstić information content (AvgIpc) is 3.09. The Morgan fingerprint density at radius 1 is 1.24 bits per heavy atom. The Balaban J connectivity index is 1.94. The zero-order valence-corrected chi connectivity index (χ0v) is 15.8. The van der Waals surface area contributed by atoms with Crippen LogP contribution in [0.15, 0.2) is 33.9 Å². The van der Waals surface area contributed by atoms with Crippen LogP contribution in [0, 0.1) is 0 Å². The molecule has 2 N–H and O–H groups in total. The second kappa shape index (κ2) is 10.0. The van der Waals surface area contributed by atoms with Crippen molar-refractivity contribution in [3.8, 4) is 0 Å². The zero-order chi connectivity index (χ0) is 18.1. The van der Waals surface area contributed by atoms with E-state index in [4.69, 9.17) is 16.1 Å². The molecule has 0 amide bonds. The topological polar surface area (TPSA) is 75.3 Å². The first-order valence-corrected chi connectivity index (χ1v) is 9.12. The van der Waals surface area contributed by atoms with E-state index in [2.05, 4.69) is 39.6 Å². The van der Waals surface area contributed by atoms with Crippen molar-refractivity contribution >= 4 is 17.6 Å². The first kappa shape index (κ1) is 19.2. The van der Waals surface area contributed by atoms with Crippen molar-refractivity contribution in [3.05, 3.63) is 46.6 Å². The summed E-state index contributed by atoms with van der Waals surface area (Å²) in [5.41, 5.74) is 2.02. The highest BCUT2D eigenvalue weighted by atomic mass is 35.5. The lowest BCUT2D eigenvalue weighted by molar-refractivity contribution is 0.368. The minimum atomic E-state index is 0.455. The second-order valence-corrected chi connectivity index (χ2v) is 6.16. The van der Waals surface area contributed by atoms with Gasteiger partial charge in [0.15, 0.2) is 11.7 Å². The lowest BCUT2D eigenvalue weighted by Crippen LogP contribution is -2.36. The number of nitrogens with zero attached hydrogens (tertiary/aromatic N) is 3. The minimum absolute atomic E-state index is 0.455. The molecule has 0 unspecified atom stereocenters. The van der Waals surface area contributed by atoms with Gasteiger partial charge in [-0.25, -0.2) is 9.98 Å². The summed E-state index contributed by atoms with van der Waals surface area (Å²) >= 11 is 5.80. The van der Waals surface area contributed by atoms with Crippen LogP contribution in [0.25, 0.3) is 0 Å². The molecule has 0 aliphatic heterocycles. The van der Waals surface area contributed by atoms with Gasteiger partial charge in [0.25, 0.3) is 0 Å². The lowest BCUT2D eigenvalue weighted by atomic mass is 9.99. The quantitative estimate of drug-likeness (QED) is 0.423. The molecule has 2 heterocycles. The van der Waals surface area contributed by atoms with Crippen LogP contribution in [-0.4, -0.2) is 22.6 Å². The first-order valence-electron chi connectivity index (χ1n) is 8.74. The number of guanidine groups is 1. The number of halogens is 1. The van der Waals surface area contributed by atoms with Gasteiger partial charge >= 0.3 is 0 Å². The molecule has 0 aromatic carbocycles. The second-order valence-electron chi connectivity index (χ2n) is 5.77. The summed E-state index contributed by atoms with van der Waals surface area (Å²) in [4.78, 5) is 8.62. The van der Waals surface area contributed by atoms with E-state index in [1.807, 2.05) is 19.1 Å². The molecule has 0 bridgehead atoms. The van der Waals surface area contributed by atoms with Crippen LogP contribution in [0.3, 0.4) is 0 Å². The fourth-order valence-corrected chi connectivity index (χ4v) is 2.61. The van der Waals surface area contributed by atoms with Crippen molar-refractivity contribution in [1.82, 2.24) is 20.8 Å². The number of aromatic nitrogens is 2. The third-order valence-electron chi connectivity index (χ3n) is 3.96. The molecule has 0 saturated carbocycles. The van der Waals surface area contributed by atoms with Gasteiger partial charge in [-0.15, -0.1) is 0 Å². The van der Waals surface area contributed by atoms with E-state index >= 15 is 0 Å². The molecule has 7 heteroatoms. The third-order valence-corrected chi connectivity index (χ3v) is 4.19. The maximum Gasteiger partial charge on any atom is 0.191 e. The Morgan fingerprint density at radius 3 is 2.68 bits per heavy atom. The summed E-state index contributed by atoms with van der Waals surface area (Å²) in [6, 6.07) is 5.71. The Kier molecular flexibility index (Phi) is 7.73. The number of pyridine rings is 1. The number of nitrogens with one attached hydrogen (secondary N) is 2. The molecule has 2 aromatic heterocycles. The predicted octanol–water partition coefficient (Wildman–Crippen LogP) is 3.88. The van der Waals surface area contributed by atoms with E-state index in [0.717, 1.165) is 42.4 Å². The van der Waals surface area contributed by atoms with E-state index in [1.54, 1.807) is 12.3 Å². The summed E-state index contributed by atoms with van der Waals surface area (Å²) in [6.45, 7) is 8.21. The zero-order valence-electron chi connectivity index (χ0n) is 15.1. The molecule has 25 heavy (non-hydrogen) atoms. The van der Waals surface area contributed by atoms with Crippen LogP contribution >= 0.6 is 11.6 Å². The number of rotatable bonds is 8. The fourth-order valence-electron chi connectivity index (χ4n) is 2.49. The molecule has 2 aromatic rings. The molecule has 0 aliphatic rings. The van der Waals surface area contributed by atoms with Gasteiger partial charge in [-0.05, 0) is 31.4 Å². The predicted molar refractivity (Wildman–Crippen MR) is 101 cm³/mol. The smallest absolute Gasteiger partial charge is 0.191 e. The molecule has 0 atom stereocenters. The number of aliphatic imine (C=N–C) groups is 1. The van der Waals surface area contributed by atoms with Crippen LogP contribution in [0.4, 0.5) is 0 Å². The lowest BCUT2D eigenvalue weighted by Gasteiger charge is -2.09. The highest BCUT2D eigenvalue weighted by Crippen LogP contribution is 2.22. The fraction of sp³-hybridized carbons (Fsp3) is 0.500. The Morgan fingerprint density at radius 2 is 2.04 bits per heavy atom. The highest BCUT2D eigenvalue weighted by molar-refractivity contribution is 6.29. The summed E-state index contributed by atoms with van der Waals surface area (Å²) in [6.07, 6.45) is 3.86. The van der Waals surface area contributed by atoms with E-state index in [0.29, 0.717) is 24.2 Å². The van der Waals surface area contributed by atoms with Gasteiger partial charge in [-0.2, -0.15) is 0 Å². The van der Waals surface area contributed by atoms with Crippen LogP contribution in [0.2, 0.25) is 5.15 Å². The minimum Gasteiger partial charge on any atom is -0.359 e. The molecule has 0 fully saturated rings. The first-order chi connectivity index (χ1) is 12.2. The number of hydrogen-bond donors (Lipinski definition) is 2. The maximum atomic E-state index is 5.80. The Labute approximate surface area is 154 Å². The highest BCUT2D eigenvalue weighted by Gasteiger charge is 2.13. The van der Waals surface area contributed by atoms with Gasteiger partial charge in [0.2, 0.25) is 0 Å². The third kappa shape index (κ3) is 6.05. The van der Waals surface area contributed by atoms with Gasteiger partial charge in [0.05, 0.1) is 18.8 Å². The Bertz CT molecular complexity index is 664. The monoisotopic (exact) mass is 363 g/mol. The SMILES string of the molecule is CCNC(=NCc1ccc(Cl)nc1)NCc1cc(C(CC)CC)no1. The summed E-state index contributed by atoms with van der Waals surface area (Å²) in [5.74, 6) is 1.98. The molecule has 0 radical (unpaired) electrons. The molecule has 0 saturated heterocycles. The molecule has 2 rings (SSSR count). The summed E-state index contributed by atoms with van der Waals surface area (Å²) < 4.78 is 5.43. The summed E-state index contributed by atoms with van der Waals surface area (Å²) in [7, 11) is 0. The van der Waals surface area contributed by atoms with Gasteiger partial charge < -0.3 is 15.2 Å². The van der Waals surface area contributed by atoms with Crippen LogP contribution in [-0.2, 0) is 13.1 Å². The molecular formula is C18H26ClN5O. The van der Waals surface area contributed by atoms with E-state index < -0.39 is 0 Å². The molecule has 6 nitrogen and oxygen atoms in total. The van der Waals surface area contributed by atoms with Gasteiger partial charge in [0, 0.05) is 24.7 Å². The van der Waals surface area contributed by atoms with Crippen LogP contribution < -0.4 is 10.6 Å². The normalized spacial score (nSPS) is 11.8. The van der Waals surface area contributed by atoms with Crippen molar-refractivity contribution < 1.29 is 4.52 Å². The summed E-state index contributed by atoms with van der Waals surface area (Å²) in [5, 5.41) is 11.2. The van der Waals surface area contributed by atoms with E-state index in [-0.39, 0.29) is 0 Å². The standard InChI is InChI=1S/C18H26ClN5O/c1-4-14(5-2)16-9-15(25-24-16)12-23-18(20-6-3)22-11-13-7-8-17(19)21-10-13/h7-10,14H,4-6,11-12H2,1-3H3,(H2,20,22,23). The van der Waals surface area contributed by atoms with Crippen molar-refractivity contribution in [3.63, 3.8) is 0 Å². The largest absolute Gasteiger partial charge is 0.359 e. The maximum absolute atomic E-state index is 5.80. The van der Waals surface area contributed by atoms with Gasteiger partial charge in [-0.3, -0.25) is 0 Å². The number of hydrogen-bond acceptors (Lipinski definition) is 4. The van der Waals surface area contributed by atoms with Crippen molar-refractivity contribution in [2.75, 3.05) is 6.54 Å². The van der Waals surface area contributed by atoms with Crippen molar-refractivity contribution in [1.29, 1.82) is 0 Å². The van der Waals surface area contributed by atoms with Crippen molar-refractivity contribution in [2.24, 2.45) is 4.99 Å². The van der Waals surface area contributed by atoms with Crippen molar-refractivity contribution in [2.45, 2.75) is 52.6 Å². The van der Waals surface area contributed by atoms with Gasteiger partial charge in [-0.1, -0.05) is 36.7 Å². The van der Waals surface area contributed by atoms with Crippen LogP contribution in [0.5, 0.6) is 0 Å². The molecule has 0 aliphatic carbocycles. The van der Waals surface area contributed by atoms with E-state index in [9.17, 15) is 0 Å². The molecule has 136 valence electrons. The molecular weight excluding hydrogens is 338 g/mol. The van der Waals surface area contributed by atoms with E-state index in [1.165, 1.54) is 0 Å². The average molecular weight is 364 g/mol. The Hall–Kier alpha value is -2.08. The molecule has 0 spiro atoms. The van der Waals surface area contributed by atoms with Gasteiger partial charge in [0.1, 0.15) is 5.15 Å². The van der Waals surface area contributed by atoms with Crippen LogP contribution in [0.1, 0.15) is 56.5 Å².